The van der Waals surface area contributed by atoms with Crippen molar-refractivity contribution in [3.8, 4) is 0 Å². The maximum atomic E-state index is 12.2. The SMILES string of the molecule is CN(C)CC1CCN(C(=O)NC2C=CC(C(=O)O)C2)CC1. The molecular weight excluding hydrogens is 270 g/mol. The summed E-state index contributed by atoms with van der Waals surface area (Å²) in [6.45, 7) is 2.63. The lowest BCUT2D eigenvalue weighted by atomic mass is 9.96. The fourth-order valence-corrected chi connectivity index (χ4v) is 3.07. The number of likely N-dealkylation sites (tertiary alicyclic amines) is 1. The fourth-order valence-electron chi connectivity index (χ4n) is 3.07. The van der Waals surface area contributed by atoms with Crippen molar-refractivity contribution >= 4 is 12.0 Å². The van der Waals surface area contributed by atoms with Crippen LogP contribution in [-0.4, -0.2) is 66.7 Å². The van der Waals surface area contributed by atoms with Crippen LogP contribution in [0.2, 0.25) is 0 Å². The van der Waals surface area contributed by atoms with E-state index in [9.17, 15) is 9.59 Å². The zero-order valence-electron chi connectivity index (χ0n) is 12.8. The van der Waals surface area contributed by atoms with Gasteiger partial charge in [0, 0.05) is 19.6 Å². The predicted molar refractivity (Wildman–Crippen MR) is 80.1 cm³/mol. The summed E-state index contributed by atoms with van der Waals surface area (Å²) in [6.07, 6.45) is 5.97. The van der Waals surface area contributed by atoms with E-state index in [1.807, 2.05) is 4.90 Å². The molecule has 1 heterocycles. The van der Waals surface area contributed by atoms with Crippen molar-refractivity contribution < 1.29 is 14.7 Å². The lowest BCUT2D eigenvalue weighted by molar-refractivity contribution is -0.140. The standard InChI is InChI=1S/C15H25N3O3/c1-17(2)10-11-5-7-18(8-6-11)15(21)16-13-4-3-12(9-13)14(19)20/h3-4,11-13H,5-10H2,1-2H3,(H,16,21)(H,19,20). The van der Waals surface area contributed by atoms with Crippen molar-refractivity contribution in [3.05, 3.63) is 12.2 Å². The number of carboxylic acid groups (broad SMARTS) is 1. The molecule has 2 amide bonds. The summed E-state index contributed by atoms with van der Waals surface area (Å²) >= 11 is 0. The smallest absolute Gasteiger partial charge is 0.317 e. The molecule has 2 rings (SSSR count). The van der Waals surface area contributed by atoms with Gasteiger partial charge in [-0.25, -0.2) is 4.79 Å². The van der Waals surface area contributed by atoms with E-state index < -0.39 is 11.9 Å². The molecule has 1 fully saturated rings. The van der Waals surface area contributed by atoms with Crippen molar-refractivity contribution in [3.63, 3.8) is 0 Å². The molecule has 0 radical (unpaired) electrons. The summed E-state index contributed by atoms with van der Waals surface area (Å²) < 4.78 is 0. The molecule has 1 saturated heterocycles. The van der Waals surface area contributed by atoms with Crippen LogP contribution in [0, 0.1) is 11.8 Å². The summed E-state index contributed by atoms with van der Waals surface area (Å²) in [7, 11) is 4.15. The van der Waals surface area contributed by atoms with Gasteiger partial charge in [0.05, 0.1) is 12.0 Å². The van der Waals surface area contributed by atoms with E-state index in [2.05, 4.69) is 24.3 Å². The second kappa shape index (κ2) is 6.93. The molecule has 0 saturated carbocycles. The number of aliphatic carboxylic acids is 1. The van der Waals surface area contributed by atoms with E-state index in [0.717, 1.165) is 32.5 Å². The van der Waals surface area contributed by atoms with Gasteiger partial charge in [-0.1, -0.05) is 12.2 Å². The fraction of sp³-hybridized carbons (Fsp3) is 0.733. The summed E-state index contributed by atoms with van der Waals surface area (Å²) in [6, 6.07) is -0.225. The van der Waals surface area contributed by atoms with Gasteiger partial charge in [0.15, 0.2) is 0 Å². The van der Waals surface area contributed by atoms with Gasteiger partial charge in [0.1, 0.15) is 0 Å². The Morgan fingerprint density at radius 1 is 1.29 bits per heavy atom. The van der Waals surface area contributed by atoms with Gasteiger partial charge < -0.3 is 20.2 Å². The molecule has 2 unspecified atom stereocenters. The summed E-state index contributed by atoms with van der Waals surface area (Å²) in [5.74, 6) is -0.638. The minimum absolute atomic E-state index is 0.0704. The summed E-state index contributed by atoms with van der Waals surface area (Å²) in [4.78, 5) is 27.1. The Labute approximate surface area is 125 Å². The average molecular weight is 295 g/mol. The zero-order chi connectivity index (χ0) is 15.4. The molecular formula is C15H25N3O3. The lowest BCUT2D eigenvalue weighted by Gasteiger charge is -2.33. The summed E-state index contributed by atoms with van der Waals surface area (Å²) in [5.41, 5.74) is 0. The topological polar surface area (TPSA) is 72.9 Å². The minimum atomic E-state index is -0.826. The number of urea groups is 1. The van der Waals surface area contributed by atoms with E-state index in [-0.39, 0.29) is 12.1 Å². The normalized spacial score (nSPS) is 26.3. The Morgan fingerprint density at radius 2 is 1.95 bits per heavy atom. The monoisotopic (exact) mass is 295 g/mol. The van der Waals surface area contributed by atoms with Crippen LogP contribution < -0.4 is 5.32 Å². The van der Waals surface area contributed by atoms with Crippen LogP contribution in [0.15, 0.2) is 12.2 Å². The predicted octanol–water partition coefficient (Wildman–Crippen LogP) is 0.999. The van der Waals surface area contributed by atoms with Crippen molar-refractivity contribution in [2.75, 3.05) is 33.7 Å². The molecule has 6 heteroatoms. The Kier molecular flexibility index (Phi) is 5.22. The van der Waals surface area contributed by atoms with Crippen LogP contribution in [0.3, 0.4) is 0 Å². The number of carbonyl (C=O) groups is 2. The highest BCUT2D eigenvalue weighted by Gasteiger charge is 2.28. The third-order valence-corrected chi connectivity index (χ3v) is 4.23. The maximum Gasteiger partial charge on any atom is 0.317 e. The van der Waals surface area contributed by atoms with E-state index >= 15 is 0 Å². The van der Waals surface area contributed by atoms with Gasteiger partial charge in [-0.05, 0) is 39.3 Å². The van der Waals surface area contributed by atoms with Gasteiger partial charge in [-0.3, -0.25) is 4.79 Å². The molecule has 0 spiro atoms. The Bertz CT molecular complexity index is 414. The first-order valence-electron chi connectivity index (χ1n) is 7.57. The minimum Gasteiger partial charge on any atom is -0.481 e. The number of piperidine rings is 1. The molecule has 6 nitrogen and oxygen atoms in total. The molecule has 1 aliphatic carbocycles. The first-order valence-corrected chi connectivity index (χ1v) is 7.57. The van der Waals surface area contributed by atoms with E-state index in [4.69, 9.17) is 5.11 Å². The van der Waals surface area contributed by atoms with Crippen LogP contribution in [0.25, 0.3) is 0 Å². The molecule has 21 heavy (non-hydrogen) atoms. The highest BCUT2D eigenvalue weighted by molar-refractivity contribution is 5.76. The first-order chi connectivity index (χ1) is 9.95. The van der Waals surface area contributed by atoms with Gasteiger partial charge in [0.2, 0.25) is 0 Å². The molecule has 0 aromatic heterocycles. The van der Waals surface area contributed by atoms with Crippen LogP contribution in [0.5, 0.6) is 0 Å². The maximum absolute atomic E-state index is 12.2. The van der Waals surface area contributed by atoms with E-state index in [1.165, 1.54) is 0 Å². The zero-order valence-corrected chi connectivity index (χ0v) is 12.8. The van der Waals surface area contributed by atoms with Crippen LogP contribution in [0.4, 0.5) is 4.79 Å². The molecule has 2 N–H and O–H groups in total. The molecule has 118 valence electrons. The number of rotatable bonds is 4. The van der Waals surface area contributed by atoms with E-state index in [1.54, 1.807) is 12.2 Å². The number of hydrogen-bond acceptors (Lipinski definition) is 3. The number of carboxylic acids is 1. The average Bonchev–Trinajstić information content (AvgIpc) is 2.87. The Balaban J connectivity index is 1.73. The van der Waals surface area contributed by atoms with Crippen molar-refractivity contribution in [1.29, 1.82) is 0 Å². The van der Waals surface area contributed by atoms with Gasteiger partial charge in [0.25, 0.3) is 0 Å². The molecule has 0 aromatic carbocycles. The lowest BCUT2D eigenvalue weighted by Crippen LogP contribution is -2.48. The number of hydrogen-bond donors (Lipinski definition) is 2. The second-order valence-electron chi connectivity index (χ2n) is 6.31. The highest BCUT2D eigenvalue weighted by Crippen LogP contribution is 2.20. The molecule has 0 bridgehead atoms. The quantitative estimate of drug-likeness (QED) is 0.759. The number of amides is 2. The van der Waals surface area contributed by atoms with Crippen LogP contribution >= 0.6 is 0 Å². The van der Waals surface area contributed by atoms with Gasteiger partial charge in [-0.15, -0.1) is 0 Å². The number of carbonyl (C=O) groups excluding carboxylic acids is 1. The van der Waals surface area contributed by atoms with Gasteiger partial charge in [-0.2, -0.15) is 0 Å². The largest absolute Gasteiger partial charge is 0.481 e. The first kappa shape index (κ1) is 15.8. The highest BCUT2D eigenvalue weighted by atomic mass is 16.4. The Hall–Kier alpha value is -1.56. The van der Waals surface area contributed by atoms with E-state index in [0.29, 0.717) is 12.3 Å². The number of nitrogens with one attached hydrogen (secondary N) is 1. The van der Waals surface area contributed by atoms with Crippen LogP contribution in [0.1, 0.15) is 19.3 Å². The molecule has 2 atom stereocenters. The van der Waals surface area contributed by atoms with Crippen molar-refractivity contribution in [2.45, 2.75) is 25.3 Å². The van der Waals surface area contributed by atoms with Crippen molar-refractivity contribution in [2.24, 2.45) is 11.8 Å². The molecule has 0 aromatic rings. The second-order valence-corrected chi connectivity index (χ2v) is 6.31. The van der Waals surface area contributed by atoms with Gasteiger partial charge >= 0.3 is 12.0 Å². The third-order valence-electron chi connectivity index (χ3n) is 4.23. The summed E-state index contributed by atoms with van der Waals surface area (Å²) in [5, 5.41) is 11.9. The molecule has 1 aliphatic heterocycles. The van der Waals surface area contributed by atoms with Crippen LogP contribution in [-0.2, 0) is 4.79 Å². The molecule has 2 aliphatic rings. The number of nitrogens with zero attached hydrogens (tertiary/aromatic N) is 2. The third kappa shape index (κ3) is 4.46. The van der Waals surface area contributed by atoms with Crippen molar-refractivity contribution in [1.82, 2.24) is 15.1 Å². The Morgan fingerprint density at radius 3 is 2.48 bits per heavy atom.